The van der Waals surface area contributed by atoms with E-state index in [9.17, 15) is 0 Å². The molecule has 0 saturated heterocycles. The Bertz CT molecular complexity index is 120. The van der Waals surface area contributed by atoms with E-state index in [4.69, 9.17) is 9.47 Å². The number of hydrogen-bond acceptors (Lipinski definition) is 3. The monoisotopic (exact) mass is 217 g/mol. The van der Waals surface area contributed by atoms with Crippen molar-refractivity contribution in [3.63, 3.8) is 0 Å². The van der Waals surface area contributed by atoms with Gasteiger partial charge in [0.2, 0.25) is 0 Å². The summed E-state index contributed by atoms with van der Waals surface area (Å²) in [5, 5.41) is 3.45. The average Bonchev–Trinajstić information content (AvgIpc) is 2.25. The smallest absolute Gasteiger partial charge is 0.0478 e. The Hall–Kier alpha value is -0.120. The molecule has 1 unspecified atom stereocenters. The Balaban J connectivity index is 3.02. The van der Waals surface area contributed by atoms with E-state index in [0.29, 0.717) is 6.04 Å². The van der Waals surface area contributed by atoms with Crippen LogP contribution in [0.15, 0.2) is 0 Å². The molecule has 3 nitrogen and oxygen atoms in total. The van der Waals surface area contributed by atoms with Crippen LogP contribution in [0.25, 0.3) is 0 Å². The zero-order chi connectivity index (χ0) is 11.4. The summed E-state index contributed by atoms with van der Waals surface area (Å²) in [5.41, 5.74) is 0. The fraction of sp³-hybridized carbons (Fsp3) is 1.00. The van der Waals surface area contributed by atoms with Gasteiger partial charge in [0.05, 0.1) is 0 Å². The quantitative estimate of drug-likeness (QED) is 0.538. The van der Waals surface area contributed by atoms with Crippen molar-refractivity contribution >= 4 is 0 Å². The number of nitrogens with one attached hydrogen (secondary N) is 1. The van der Waals surface area contributed by atoms with Crippen molar-refractivity contribution in [2.75, 3.05) is 33.5 Å². The molecule has 0 radical (unpaired) electrons. The van der Waals surface area contributed by atoms with E-state index in [1.54, 1.807) is 7.11 Å². The normalized spacial score (nSPS) is 13.0. The van der Waals surface area contributed by atoms with Gasteiger partial charge in [0.15, 0.2) is 0 Å². The van der Waals surface area contributed by atoms with Crippen LogP contribution in [0.2, 0.25) is 0 Å². The predicted molar refractivity (Wildman–Crippen MR) is 64.3 cm³/mol. The van der Waals surface area contributed by atoms with Crippen molar-refractivity contribution in [2.24, 2.45) is 0 Å². The van der Waals surface area contributed by atoms with E-state index in [2.05, 4.69) is 19.2 Å². The van der Waals surface area contributed by atoms with Crippen LogP contribution < -0.4 is 5.32 Å². The first kappa shape index (κ1) is 14.9. The minimum atomic E-state index is 0.542. The summed E-state index contributed by atoms with van der Waals surface area (Å²) in [4.78, 5) is 0. The van der Waals surface area contributed by atoms with Gasteiger partial charge in [-0.05, 0) is 32.7 Å². The van der Waals surface area contributed by atoms with Crippen molar-refractivity contribution in [2.45, 2.75) is 45.6 Å². The highest BCUT2D eigenvalue weighted by Crippen LogP contribution is 1.92. The molecule has 0 amide bonds. The summed E-state index contributed by atoms with van der Waals surface area (Å²) in [5.74, 6) is 0. The Labute approximate surface area is 94.5 Å². The lowest BCUT2D eigenvalue weighted by atomic mass is 10.2. The molecule has 0 spiro atoms. The van der Waals surface area contributed by atoms with E-state index in [0.717, 1.165) is 39.2 Å². The molecular formula is C12H27NO2. The van der Waals surface area contributed by atoms with Crippen molar-refractivity contribution in [3.05, 3.63) is 0 Å². The van der Waals surface area contributed by atoms with Gasteiger partial charge in [-0.1, -0.05) is 13.3 Å². The Kier molecular flexibility index (Phi) is 11.9. The van der Waals surface area contributed by atoms with Crippen molar-refractivity contribution in [1.29, 1.82) is 0 Å². The first-order valence-corrected chi connectivity index (χ1v) is 6.11. The van der Waals surface area contributed by atoms with Crippen LogP contribution in [0.1, 0.15) is 39.5 Å². The molecule has 0 bridgehead atoms. The van der Waals surface area contributed by atoms with E-state index < -0.39 is 0 Å². The summed E-state index contributed by atoms with van der Waals surface area (Å²) < 4.78 is 10.5. The van der Waals surface area contributed by atoms with Crippen molar-refractivity contribution in [3.8, 4) is 0 Å². The van der Waals surface area contributed by atoms with Crippen LogP contribution in [0, 0.1) is 0 Å². The highest BCUT2D eigenvalue weighted by Gasteiger charge is 1.99. The minimum absolute atomic E-state index is 0.542. The molecule has 0 aliphatic carbocycles. The maximum Gasteiger partial charge on any atom is 0.0478 e. The highest BCUT2D eigenvalue weighted by molar-refractivity contribution is 4.59. The van der Waals surface area contributed by atoms with E-state index in [-0.39, 0.29) is 0 Å². The van der Waals surface area contributed by atoms with Gasteiger partial charge in [0.25, 0.3) is 0 Å². The number of methoxy groups -OCH3 is 1. The van der Waals surface area contributed by atoms with Crippen molar-refractivity contribution < 1.29 is 9.47 Å². The average molecular weight is 217 g/mol. The molecule has 0 heterocycles. The number of hydrogen-bond donors (Lipinski definition) is 1. The van der Waals surface area contributed by atoms with Gasteiger partial charge in [-0.15, -0.1) is 0 Å². The number of unbranched alkanes of at least 4 members (excludes halogenated alkanes) is 1. The molecule has 3 heteroatoms. The second-order valence-corrected chi connectivity index (χ2v) is 3.96. The molecule has 1 atom stereocenters. The Morgan fingerprint density at radius 2 is 1.87 bits per heavy atom. The lowest BCUT2D eigenvalue weighted by Gasteiger charge is -2.12. The Morgan fingerprint density at radius 3 is 2.53 bits per heavy atom. The molecule has 0 aromatic carbocycles. The number of ether oxygens (including phenoxy) is 2. The zero-order valence-electron chi connectivity index (χ0n) is 10.6. The molecule has 0 aromatic rings. The first-order chi connectivity index (χ1) is 7.31. The van der Waals surface area contributed by atoms with Crippen LogP contribution >= 0.6 is 0 Å². The molecular weight excluding hydrogens is 190 g/mol. The van der Waals surface area contributed by atoms with Crippen LogP contribution in [-0.2, 0) is 9.47 Å². The standard InChI is InChI=1S/C12H27NO2/c1-4-5-9-15-10-6-8-13-12(2)7-11-14-3/h12-13H,4-11H2,1-3H3. The van der Waals surface area contributed by atoms with Gasteiger partial charge >= 0.3 is 0 Å². The zero-order valence-corrected chi connectivity index (χ0v) is 10.6. The van der Waals surface area contributed by atoms with Gasteiger partial charge in [-0.25, -0.2) is 0 Å². The van der Waals surface area contributed by atoms with Gasteiger partial charge in [0.1, 0.15) is 0 Å². The maximum absolute atomic E-state index is 5.47. The molecule has 0 saturated carbocycles. The highest BCUT2D eigenvalue weighted by atomic mass is 16.5. The summed E-state index contributed by atoms with van der Waals surface area (Å²) >= 11 is 0. The third-order valence-electron chi connectivity index (χ3n) is 2.36. The molecule has 92 valence electrons. The summed E-state index contributed by atoms with van der Waals surface area (Å²) in [7, 11) is 1.74. The van der Waals surface area contributed by atoms with E-state index in [1.165, 1.54) is 12.8 Å². The van der Waals surface area contributed by atoms with Crippen LogP contribution in [0.4, 0.5) is 0 Å². The lowest BCUT2D eigenvalue weighted by Crippen LogP contribution is -2.28. The fourth-order valence-electron chi connectivity index (χ4n) is 1.27. The van der Waals surface area contributed by atoms with E-state index in [1.807, 2.05) is 0 Å². The van der Waals surface area contributed by atoms with Gasteiger partial charge in [0, 0.05) is 33.0 Å². The maximum atomic E-state index is 5.47. The SMILES string of the molecule is CCCCOCCCNC(C)CCOC. The van der Waals surface area contributed by atoms with Crippen LogP contribution in [-0.4, -0.2) is 39.5 Å². The molecule has 0 aliphatic rings. The molecule has 0 fully saturated rings. The molecule has 0 aliphatic heterocycles. The molecule has 0 rings (SSSR count). The second kappa shape index (κ2) is 12.0. The van der Waals surface area contributed by atoms with Crippen LogP contribution in [0.5, 0.6) is 0 Å². The molecule has 1 N–H and O–H groups in total. The van der Waals surface area contributed by atoms with E-state index >= 15 is 0 Å². The largest absolute Gasteiger partial charge is 0.385 e. The fourth-order valence-corrected chi connectivity index (χ4v) is 1.27. The third kappa shape index (κ3) is 11.8. The van der Waals surface area contributed by atoms with Crippen molar-refractivity contribution in [1.82, 2.24) is 5.32 Å². The number of rotatable bonds is 11. The molecule has 0 aromatic heterocycles. The minimum Gasteiger partial charge on any atom is -0.385 e. The predicted octanol–water partition coefficient (Wildman–Crippen LogP) is 2.21. The van der Waals surface area contributed by atoms with Gasteiger partial charge < -0.3 is 14.8 Å². The lowest BCUT2D eigenvalue weighted by molar-refractivity contribution is 0.127. The summed E-state index contributed by atoms with van der Waals surface area (Å²) in [6.45, 7) is 8.04. The Morgan fingerprint density at radius 1 is 1.13 bits per heavy atom. The first-order valence-electron chi connectivity index (χ1n) is 6.11. The van der Waals surface area contributed by atoms with Gasteiger partial charge in [-0.3, -0.25) is 0 Å². The summed E-state index contributed by atoms with van der Waals surface area (Å²) in [6, 6.07) is 0.542. The second-order valence-electron chi connectivity index (χ2n) is 3.96. The van der Waals surface area contributed by atoms with Gasteiger partial charge in [-0.2, -0.15) is 0 Å². The topological polar surface area (TPSA) is 30.5 Å². The third-order valence-corrected chi connectivity index (χ3v) is 2.36. The van der Waals surface area contributed by atoms with Crippen LogP contribution in [0.3, 0.4) is 0 Å². The molecule has 15 heavy (non-hydrogen) atoms. The summed E-state index contributed by atoms with van der Waals surface area (Å²) in [6.07, 6.45) is 4.57.